The summed E-state index contributed by atoms with van der Waals surface area (Å²) in [5.74, 6) is 0.635. The van der Waals surface area contributed by atoms with E-state index in [9.17, 15) is 4.79 Å². The first-order valence-corrected chi connectivity index (χ1v) is 6.78. The molecule has 0 heterocycles. The maximum atomic E-state index is 11.1. The highest BCUT2D eigenvalue weighted by Gasteiger charge is 2.39. The number of hydrogen-bond acceptors (Lipinski definition) is 2. The van der Waals surface area contributed by atoms with E-state index < -0.39 is 5.97 Å². The third kappa shape index (κ3) is 4.66. The fraction of sp³-hybridized carbons (Fsp3) is 0.929. The molecule has 0 spiro atoms. The highest BCUT2D eigenvalue weighted by molar-refractivity contribution is 5.67. The zero-order valence-electron chi connectivity index (χ0n) is 11.6. The second-order valence-corrected chi connectivity index (χ2v) is 6.46. The van der Waals surface area contributed by atoms with Crippen molar-refractivity contribution in [3.63, 3.8) is 0 Å². The molecular formula is C14H27NO2. The molecule has 0 aromatic carbocycles. The van der Waals surface area contributed by atoms with Crippen LogP contribution in [0.5, 0.6) is 0 Å². The van der Waals surface area contributed by atoms with Gasteiger partial charge >= 0.3 is 5.97 Å². The van der Waals surface area contributed by atoms with Gasteiger partial charge in [-0.25, -0.2) is 0 Å². The minimum Gasteiger partial charge on any atom is -0.481 e. The molecule has 100 valence electrons. The molecule has 1 aliphatic rings. The molecule has 2 N–H and O–H groups in total. The van der Waals surface area contributed by atoms with Gasteiger partial charge in [0.05, 0.1) is 6.42 Å². The highest BCUT2D eigenvalue weighted by Crippen LogP contribution is 2.44. The van der Waals surface area contributed by atoms with Crippen LogP contribution in [0, 0.1) is 17.3 Å². The van der Waals surface area contributed by atoms with Crippen LogP contribution in [0.25, 0.3) is 0 Å². The Bertz CT molecular complexity index is 253. The summed E-state index contributed by atoms with van der Waals surface area (Å²) in [7, 11) is 0. The summed E-state index contributed by atoms with van der Waals surface area (Å²) >= 11 is 0. The van der Waals surface area contributed by atoms with Gasteiger partial charge in [0.2, 0.25) is 0 Å². The second-order valence-electron chi connectivity index (χ2n) is 6.46. The Hall–Kier alpha value is -0.570. The molecule has 0 amide bonds. The summed E-state index contributed by atoms with van der Waals surface area (Å²) in [6, 6.07) is 0.424. The topological polar surface area (TPSA) is 49.3 Å². The van der Waals surface area contributed by atoms with Crippen LogP contribution in [0.4, 0.5) is 0 Å². The van der Waals surface area contributed by atoms with Gasteiger partial charge in [-0.1, -0.05) is 27.7 Å². The van der Waals surface area contributed by atoms with E-state index in [1.54, 1.807) is 0 Å². The first-order valence-electron chi connectivity index (χ1n) is 6.78. The molecule has 1 unspecified atom stereocenters. The summed E-state index contributed by atoms with van der Waals surface area (Å²) in [5.41, 5.74) is -0.0345. The molecule has 1 fully saturated rings. The van der Waals surface area contributed by atoms with Crippen LogP contribution in [0.1, 0.15) is 53.4 Å². The lowest BCUT2D eigenvalue weighted by Crippen LogP contribution is -2.43. The van der Waals surface area contributed by atoms with Crippen molar-refractivity contribution in [2.75, 3.05) is 6.54 Å². The van der Waals surface area contributed by atoms with Gasteiger partial charge in [-0.15, -0.1) is 0 Å². The molecular weight excluding hydrogens is 214 g/mol. The van der Waals surface area contributed by atoms with Gasteiger partial charge < -0.3 is 10.4 Å². The SMILES string of the molecule is CC(C)NCC1(CC(=O)O)C[C@H](C)C[C@H](C)C1. The predicted molar refractivity (Wildman–Crippen MR) is 70.0 cm³/mol. The maximum Gasteiger partial charge on any atom is 0.303 e. The molecule has 3 atom stereocenters. The van der Waals surface area contributed by atoms with Gasteiger partial charge in [0.15, 0.2) is 0 Å². The second kappa shape index (κ2) is 5.85. The number of aliphatic carboxylic acids is 1. The summed E-state index contributed by atoms with van der Waals surface area (Å²) in [6.45, 7) is 9.57. The third-order valence-electron chi connectivity index (χ3n) is 3.78. The van der Waals surface area contributed by atoms with Gasteiger partial charge in [-0.3, -0.25) is 4.79 Å². The van der Waals surface area contributed by atoms with E-state index in [0.29, 0.717) is 24.3 Å². The Balaban J connectivity index is 2.73. The van der Waals surface area contributed by atoms with Crippen LogP contribution >= 0.6 is 0 Å². The van der Waals surface area contributed by atoms with Crippen molar-refractivity contribution in [1.29, 1.82) is 0 Å². The van der Waals surface area contributed by atoms with Crippen LogP contribution < -0.4 is 5.32 Å². The zero-order valence-corrected chi connectivity index (χ0v) is 11.6. The Labute approximate surface area is 105 Å². The fourth-order valence-corrected chi connectivity index (χ4v) is 3.51. The first-order chi connectivity index (χ1) is 7.83. The molecule has 3 nitrogen and oxygen atoms in total. The lowest BCUT2D eigenvalue weighted by molar-refractivity contribution is -0.141. The van der Waals surface area contributed by atoms with E-state index >= 15 is 0 Å². The monoisotopic (exact) mass is 241 g/mol. The van der Waals surface area contributed by atoms with E-state index in [-0.39, 0.29) is 5.41 Å². The molecule has 0 radical (unpaired) electrons. The van der Waals surface area contributed by atoms with Gasteiger partial charge in [0, 0.05) is 12.6 Å². The van der Waals surface area contributed by atoms with Crippen LogP contribution in [0.15, 0.2) is 0 Å². The van der Waals surface area contributed by atoms with E-state index in [4.69, 9.17) is 5.11 Å². The summed E-state index contributed by atoms with van der Waals surface area (Å²) in [4.78, 5) is 11.1. The summed E-state index contributed by atoms with van der Waals surface area (Å²) < 4.78 is 0. The van der Waals surface area contributed by atoms with E-state index in [0.717, 1.165) is 19.4 Å². The van der Waals surface area contributed by atoms with E-state index in [1.807, 2.05) is 0 Å². The molecule has 1 aliphatic carbocycles. The van der Waals surface area contributed by atoms with Crippen LogP contribution in [0.3, 0.4) is 0 Å². The average Bonchev–Trinajstić information content (AvgIpc) is 2.11. The van der Waals surface area contributed by atoms with Crippen molar-refractivity contribution < 1.29 is 9.90 Å². The van der Waals surface area contributed by atoms with E-state index in [2.05, 4.69) is 33.0 Å². The molecule has 0 aromatic rings. The number of carbonyl (C=O) groups is 1. The quantitative estimate of drug-likeness (QED) is 0.778. The van der Waals surface area contributed by atoms with Crippen molar-refractivity contribution >= 4 is 5.97 Å². The number of nitrogens with one attached hydrogen (secondary N) is 1. The highest BCUT2D eigenvalue weighted by atomic mass is 16.4. The van der Waals surface area contributed by atoms with Crippen molar-refractivity contribution in [3.8, 4) is 0 Å². The predicted octanol–water partition coefficient (Wildman–Crippen LogP) is 2.90. The zero-order chi connectivity index (χ0) is 13.1. The Morgan fingerprint density at radius 1 is 1.35 bits per heavy atom. The molecule has 0 aliphatic heterocycles. The van der Waals surface area contributed by atoms with Crippen molar-refractivity contribution in [3.05, 3.63) is 0 Å². The largest absolute Gasteiger partial charge is 0.481 e. The molecule has 17 heavy (non-hydrogen) atoms. The van der Waals surface area contributed by atoms with Gasteiger partial charge in [0.25, 0.3) is 0 Å². The lowest BCUT2D eigenvalue weighted by Gasteiger charge is -2.42. The normalized spacial score (nSPS) is 33.9. The number of rotatable bonds is 5. The summed E-state index contributed by atoms with van der Waals surface area (Å²) in [5, 5.41) is 12.6. The maximum absolute atomic E-state index is 11.1. The van der Waals surface area contributed by atoms with Gasteiger partial charge in [-0.2, -0.15) is 0 Å². The Morgan fingerprint density at radius 3 is 2.29 bits per heavy atom. The van der Waals surface area contributed by atoms with Gasteiger partial charge in [0.1, 0.15) is 0 Å². The summed E-state index contributed by atoms with van der Waals surface area (Å²) in [6.07, 6.45) is 3.64. The van der Waals surface area contributed by atoms with Crippen molar-refractivity contribution in [2.24, 2.45) is 17.3 Å². The first kappa shape index (κ1) is 14.5. The standard InChI is InChI=1S/C14H27NO2/c1-10(2)15-9-14(8-13(16)17)6-11(3)5-12(4)7-14/h10-12,15H,5-9H2,1-4H3,(H,16,17)/t11-,12+,14?. The average molecular weight is 241 g/mol. The number of hydrogen-bond donors (Lipinski definition) is 2. The minimum atomic E-state index is -0.656. The minimum absolute atomic E-state index is 0.0345. The van der Waals surface area contributed by atoms with E-state index in [1.165, 1.54) is 6.42 Å². The van der Waals surface area contributed by atoms with Crippen LogP contribution in [-0.2, 0) is 4.79 Å². The molecule has 1 rings (SSSR count). The van der Waals surface area contributed by atoms with Gasteiger partial charge in [-0.05, 0) is 36.5 Å². The number of carboxylic acids is 1. The lowest BCUT2D eigenvalue weighted by atomic mass is 9.64. The van der Waals surface area contributed by atoms with Crippen LogP contribution in [0.2, 0.25) is 0 Å². The van der Waals surface area contributed by atoms with Crippen molar-refractivity contribution in [2.45, 2.75) is 59.4 Å². The Kier molecular flexibility index (Phi) is 4.99. The van der Waals surface area contributed by atoms with Crippen molar-refractivity contribution in [1.82, 2.24) is 5.32 Å². The molecule has 0 aromatic heterocycles. The molecule has 0 bridgehead atoms. The molecule has 3 heteroatoms. The molecule has 1 saturated carbocycles. The molecule has 0 saturated heterocycles. The fourth-order valence-electron chi connectivity index (χ4n) is 3.51. The Morgan fingerprint density at radius 2 is 1.88 bits per heavy atom. The number of carboxylic acid groups (broad SMARTS) is 1. The third-order valence-corrected chi connectivity index (χ3v) is 3.78. The van der Waals surface area contributed by atoms with Crippen LogP contribution in [-0.4, -0.2) is 23.7 Å². The smallest absolute Gasteiger partial charge is 0.303 e.